The molecule has 2 aromatic heterocycles. The molecular weight excluding hydrogens is 334 g/mol. The number of methoxy groups -OCH3 is 1. The van der Waals surface area contributed by atoms with Crippen LogP contribution in [0.15, 0.2) is 51.7 Å². The van der Waals surface area contributed by atoms with Crippen molar-refractivity contribution in [1.82, 2.24) is 9.97 Å². The lowest BCUT2D eigenvalue weighted by Crippen LogP contribution is -2.14. The molecule has 4 rings (SSSR count). The van der Waals surface area contributed by atoms with Gasteiger partial charge in [0.05, 0.1) is 29.4 Å². The second-order valence-electron chi connectivity index (χ2n) is 5.86. The van der Waals surface area contributed by atoms with Crippen molar-refractivity contribution < 1.29 is 13.9 Å². The van der Waals surface area contributed by atoms with Crippen LogP contribution in [0, 0.1) is 6.92 Å². The second kappa shape index (κ2) is 6.03. The Labute approximate surface area is 147 Å². The number of hydrogen-bond acceptors (Lipinski definition) is 5. The number of aromatic amines is 1. The van der Waals surface area contributed by atoms with Gasteiger partial charge in [-0.05, 0) is 43.3 Å². The molecular formula is C19H15N3O4. The first-order valence-corrected chi connectivity index (χ1v) is 7.93. The molecule has 0 aliphatic rings. The number of nitrogens with one attached hydrogen (secondary N) is 2. The van der Waals surface area contributed by atoms with Crippen LogP contribution in [-0.2, 0) is 0 Å². The molecule has 0 aliphatic heterocycles. The first kappa shape index (κ1) is 15.9. The van der Waals surface area contributed by atoms with Gasteiger partial charge >= 0.3 is 5.76 Å². The molecule has 0 saturated heterocycles. The Morgan fingerprint density at radius 2 is 2.04 bits per heavy atom. The number of nitrogens with zero attached hydrogens (tertiary/aromatic N) is 1. The summed E-state index contributed by atoms with van der Waals surface area (Å²) in [6.07, 6.45) is 0. The number of benzene rings is 2. The average Bonchev–Trinajstić information content (AvgIpc) is 2.99. The summed E-state index contributed by atoms with van der Waals surface area (Å²) < 4.78 is 10.2. The van der Waals surface area contributed by atoms with Crippen molar-refractivity contribution in [3.05, 3.63) is 64.3 Å². The number of amides is 1. The quantitative estimate of drug-likeness (QED) is 0.592. The number of fused-ring (bicyclic) bond motifs is 2. The van der Waals surface area contributed by atoms with E-state index in [1.54, 1.807) is 38.3 Å². The van der Waals surface area contributed by atoms with Crippen LogP contribution in [0.25, 0.3) is 22.0 Å². The fourth-order valence-corrected chi connectivity index (χ4v) is 2.83. The number of ether oxygens (including phenoxy) is 1. The van der Waals surface area contributed by atoms with Gasteiger partial charge in [0.25, 0.3) is 5.91 Å². The summed E-state index contributed by atoms with van der Waals surface area (Å²) >= 11 is 0. The third-order valence-electron chi connectivity index (χ3n) is 4.14. The van der Waals surface area contributed by atoms with Crippen LogP contribution in [0.1, 0.15) is 16.1 Å². The summed E-state index contributed by atoms with van der Waals surface area (Å²) in [5.41, 5.74) is 3.35. The van der Waals surface area contributed by atoms with E-state index in [9.17, 15) is 9.59 Å². The highest BCUT2D eigenvalue weighted by Crippen LogP contribution is 2.23. The van der Waals surface area contributed by atoms with E-state index in [0.717, 1.165) is 10.9 Å². The van der Waals surface area contributed by atoms with Crippen LogP contribution >= 0.6 is 0 Å². The van der Waals surface area contributed by atoms with Crippen LogP contribution in [-0.4, -0.2) is 23.0 Å². The topological polar surface area (TPSA) is 97.2 Å². The highest BCUT2D eigenvalue weighted by atomic mass is 16.5. The Hall–Kier alpha value is -3.61. The maximum atomic E-state index is 12.7. The van der Waals surface area contributed by atoms with Gasteiger partial charge < -0.3 is 14.5 Å². The first-order valence-electron chi connectivity index (χ1n) is 7.93. The predicted octanol–water partition coefficient (Wildman–Crippen LogP) is 3.24. The summed E-state index contributed by atoms with van der Waals surface area (Å²) in [6, 6.07) is 12.3. The van der Waals surface area contributed by atoms with E-state index in [2.05, 4.69) is 15.3 Å². The van der Waals surface area contributed by atoms with Crippen molar-refractivity contribution in [2.75, 3.05) is 12.4 Å². The standard InChI is InChI=1S/C19H15N3O4/c1-10-14(7-11-3-5-13(25-2)9-15(11)20-10)18(23)21-12-4-6-17-16(8-12)22-19(24)26-17/h3-9H,1-2H3,(H,21,23)(H,22,24). The van der Waals surface area contributed by atoms with Gasteiger partial charge in [0.15, 0.2) is 5.58 Å². The molecule has 2 heterocycles. The average molecular weight is 349 g/mol. The lowest BCUT2D eigenvalue weighted by molar-refractivity contribution is 0.102. The van der Waals surface area contributed by atoms with E-state index in [0.29, 0.717) is 33.8 Å². The molecule has 0 spiro atoms. The highest BCUT2D eigenvalue weighted by Gasteiger charge is 2.13. The van der Waals surface area contributed by atoms with E-state index in [1.807, 2.05) is 18.2 Å². The number of hydrogen-bond donors (Lipinski definition) is 2. The van der Waals surface area contributed by atoms with Crippen molar-refractivity contribution in [2.24, 2.45) is 0 Å². The zero-order chi connectivity index (χ0) is 18.3. The molecule has 0 fully saturated rings. The van der Waals surface area contributed by atoms with Gasteiger partial charge in [0.1, 0.15) is 5.75 Å². The van der Waals surface area contributed by atoms with Crippen LogP contribution < -0.4 is 15.8 Å². The van der Waals surface area contributed by atoms with E-state index in [4.69, 9.17) is 9.15 Å². The zero-order valence-electron chi connectivity index (χ0n) is 14.1. The third kappa shape index (κ3) is 2.79. The van der Waals surface area contributed by atoms with Gasteiger partial charge in [-0.1, -0.05) is 0 Å². The summed E-state index contributed by atoms with van der Waals surface area (Å²) in [7, 11) is 1.60. The van der Waals surface area contributed by atoms with Gasteiger partial charge in [-0.2, -0.15) is 0 Å². The fraction of sp³-hybridized carbons (Fsp3) is 0.105. The van der Waals surface area contributed by atoms with Crippen LogP contribution in [0.2, 0.25) is 0 Å². The lowest BCUT2D eigenvalue weighted by Gasteiger charge is -2.09. The van der Waals surface area contributed by atoms with Crippen LogP contribution in [0.4, 0.5) is 5.69 Å². The number of carbonyl (C=O) groups is 1. The van der Waals surface area contributed by atoms with E-state index >= 15 is 0 Å². The Morgan fingerprint density at radius 3 is 2.85 bits per heavy atom. The molecule has 2 N–H and O–H groups in total. The molecule has 7 heteroatoms. The summed E-state index contributed by atoms with van der Waals surface area (Å²) in [6.45, 7) is 1.78. The normalized spacial score (nSPS) is 11.0. The Balaban J connectivity index is 1.68. The molecule has 26 heavy (non-hydrogen) atoms. The molecule has 0 bridgehead atoms. The summed E-state index contributed by atoms with van der Waals surface area (Å²) in [4.78, 5) is 31.0. The van der Waals surface area contributed by atoms with Crippen molar-refractivity contribution in [3.63, 3.8) is 0 Å². The molecule has 0 saturated carbocycles. The third-order valence-corrected chi connectivity index (χ3v) is 4.14. The lowest BCUT2D eigenvalue weighted by atomic mass is 10.1. The molecule has 0 radical (unpaired) electrons. The molecule has 1 amide bonds. The molecule has 130 valence electrons. The molecule has 2 aromatic carbocycles. The van der Waals surface area contributed by atoms with Gasteiger partial charge in [0.2, 0.25) is 0 Å². The number of H-pyrrole nitrogens is 1. The SMILES string of the molecule is COc1ccc2cc(C(=O)Nc3ccc4oc(=O)[nH]c4c3)c(C)nc2c1. The Kier molecular flexibility index (Phi) is 3.69. The summed E-state index contributed by atoms with van der Waals surface area (Å²) in [5, 5.41) is 3.66. The largest absolute Gasteiger partial charge is 0.497 e. The van der Waals surface area contributed by atoms with E-state index in [-0.39, 0.29) is 5.91 Å². The Morgan fingerprint density at radius 1 is 1.19 bits per heavy atom. The van der Waals surface area contributed by atoms with Crippen LogP contribution in [0.5, 0.6) is 5.75 Å². The fourth-order valence-electron chi connectivity index (χ4n) is 2.83. The minimum Gasteiger partial charge on any atom is -0.497 e. The predicted molar refractivity (Wildman–Crippen MR) is 97.8 cm³/mol. The first-order chi connectivity index (χ1) is 12.5. The monoisotopic (exact) mass is 349 g/mol. The zero-order valence-corrected chi connectivity index (χ0v) is 14.1. The van der Waals surface area contributed by atoms with Crippen LogP contribution in [0.3, 0.4) is 0 Å². The molecule has 4 aromatic rings. The number of rotatable bonds is 3. The number of oxazole rings is 1. The Bertz CT molecular complexity index is 1210. The number of aromatic nitrogens is 2. The second-order valence-corrected chi connectivity index (χ2v) is 5.86. The highest BCUT2D eigenvalue weighted by molar-refractivity contribution is 6.07. The maximum Gasteiger partial charge on any atom is 0.417 e. The molecule has 7 nitrogen and oxygen atoms in total. The minimum atomic E-state index is -0.534. The van der Waals surface area contributed by atoms with Gasteiger partial charge in [0, 0.05) is 17.1 Å². The molecule has 0 unspecified atom stereocenters. The van der Waals surface area contributed by atoms with E-state index < -0.39 is 5.76 Å². The number of carbonyl (C=O) groups excluding carboxylic acids is 1. The number of pyridine rings is 1. The minimum absolute atomic E-state index is 0.280. The van der Waals surface area contributed by atoms with Crippen molar-refractivity contribution >= 4 is 33.6 Å². The summed E-state index contributed by atoms with van der Waals surface area (Å²) in [5.74, 6) is -0.101. The smallest absolute Gasteiger partial charge is 0.417 e. The van der Waals surface area contributed by atoms with E-state index in [1.165, 1.54) is 0 Å². The van der Waals surface area contributed by atoms with Gasteiger partial charge in [-0.25, -0.2) is 4.79 Å². The number of anilines is 1. The maximum absolute atomic E-state index is 12.7. The molecule has 0 aliphatic carbocycles. The number of aryl methyl sites for hydroxylation is 1. The van der Waals surface area contributed by atoms with Crippen molar-refractivity contribution in [1.29, 1.82) is 0 Å². The molecule has 0 atom stereocenters. The van der Waals surface area contributed by atoms with Gasteiger partial charge in [-0.15, -0.1) is 0 Å². The van der Waals surface area contributed by atoms with Gasteiger partial charge in [-0.3, -0.25) is 14.8 Å². The van der Waals surface area contributed by atoms with Crippen molar-refractivity contribution in [3.8, 4) is 5.75 Å². The van der Waals surface area contributed by atoms with Crippen molar-refractivity contribution in [2.45, 2.75) is 6.92 Å².